The highest BCUT2D eigenvalue weighted by atomic mass is 32.1. The first-order chi connectivity index (χ1) is 6.70. The van der Waals surface area contributed by atoms with E-state index in [-0.39, 0.29) is 0 Å². The highest BCUT2D eigenvalue weighted by molar-refractivity contribution is 7.80. The number of thiocarbonyl (C=S) groups is 1. The maximum absolute atomic E-state index is 10.4. The third-order valence-electron chi connectivity index (χ3n) is 1.81. The number of amides is 2. The van der Waals surface area contributed by atoms with Crippen molar-refractivity contribution in [2.75, 3.05) is 4.90 Å². The number of fused-ring (bicyclic) bond motifs is 1. The van der Waals surface area contributed by atoms with Crippen LogP contribution in [0.15, 0.2) is 24.3 Å². The van der Waals surface area contributed by atoms with Crippen molar-refractivity contribution in [1.82, 2.24) is 10.9 Å². The van der Waals surface area contributed by atoms with E-state index in [4.69, 9.17) is 18.0 Å². The van der Waals surface area contributed by atoms with Gasteiger partial charge in [-0.05, 0) is 24.4 Å². The first-order valence-electron chi connectivity index (χ1n) is 3.95. The largest absolute Gasteiger partial charge is 0.350 e. The molecule has 72 valence electrons. The van der Waals surface area contributed by atoms with Crippen LogP contribution in [0, 0.1) is 0 Å². The van der Waals surface area contributed by atoms with Gasteiger partial charge in [0.1, 0.15) is 0 Å². The van der Waals surface area contributed by atoms with Gasteiger partial charge in [-0.2, -0.15) is 0 Å². The normalized spacial score (nSPS) is 11.6. The van der Waals surface area contributed by atoms with E-state index in [1.165, 1.54) is 0 Å². The summed E-state index contributed by atoms with van der Waals surface area (Å²) in [6.45, 7) is 0. The van der Waals surface area contributed by atoms with Gasteiger partial charge in [-0.15, -0.1) is 0 Å². The molecule has 5 nitrogen and oxygen atoms in total. The highest BCUT2D eigenvalue weighted by Gasteiger charge is 2.31. The van der Waals surface area contributed by atoms with Crippen molar-refractivity contribution in [3.63, 3.8) is 0 Å². The maximum atomic E-state index is 10.4. The fourth-order valence-electron chi connectivity index (χ4n) is 1.19. The number of benzene rings is 1. The number of carbonyl (C=O) groups is 1. The highest BCUT2D eigenvalue weighted by Crippen LogP contribution is 2.46. The molecule has 1 aromatic rings. The van der Waals surface area contributed by atoms with Crippen molar-refractivity contribution in [3.8, 4) is 0 Å². The summed E-state index contributed by atoms with van der Waals surface area (Å²) in [6.07, 6.45) is 0. The monoisotopic (exact) mass is 208 g/mol. The minimum atomic E-state index is -0.668. The standard InChI is InChI=1S/C8H8N4OS/c9-7(13)10-11-8(14)12-5-3-1-2-4-6(5)12/h1-4H,(H,11,14)(H3,9,10,13). The molecule has 2 amide bonds. The Morgan fingerprint density at radius 2 is 1.86 bits per heavy atom. The molecule has 0 saturated carbocycles. The summed E-state index contributed by atoms with van der Waals surface area (Å²) in [7, 11) is 0. The Morgan fingerprint density at radius 3 is 2.36 bits per heavy atom. The minimum Gasteiger partial charge on any atom is -0.350 e. The van der Waals surface area contributed by atoms with E-state index in [2.05, 4.69) is 10.9 Å². The second-order valence-electron chi connectivity index (χ2n) is 2.74. The van der Waals surface area contributed by atoms with Crippen molar-refractivity contribution in [3.05, 3.63) is 24.3 Å². The molecule has 6 heteroatoms. The van der Waals surface area contributed by atoms with Crippen molar-refractivity contribution in [2.45, 2.75) is 0 Å². The van der Waals surface area contributed by atoms with Gasteiger partial charge < -0.3 is 5.73 Å². The Morgan fingerprint density at radius 1 is 1.29 bits per heavy atom. The van der Waals surface area contributed by atoms with Crippen LogP contribution in [-0.4, -0.2) is 11.1 Å². The van der Waals surface area contributed by atoms with E-state index in [9.17, 15) is 4.79 Å². The van der Waals surface area contributed by atoms with E-state index in [0.29, 0.717) is 5.11 Å². The number of primary amides is 1. The van der Waals surface area contributed by atoms with Gasteiger partial charge in [0, 0.05) is 0 Å². The molecule has 0 fully saturated rings. The molecule has 1 aromatic carbocycles. The lowest BCUT2D eigenvalue weighted by molar-refractivity contribution is 0.247. The van der Waals surface area contributed by atoms with E-state index in [1.807, 2.05) is 24.3 Å². The van der Waals surface area contributed by atoms with Gasteiger partial charge in [-0.3, -0.25) is 10.3 Å². The lowest BCUT2D eigenvalue weighted by Crippen LogP contribution is -2.46. The molecule has 0 spiro atoms. The number of anilines is 2. The number of hydrazine groups is 1. The molecule has 0 saturated heterocycles. The third kappa shape index (κ3) is 1.47. The smallest absolute Gasteiger partial charge is 0.330 e. The molecule has 14 heavy (non-hydrogen) atoms. The number of para-hydroxylation sites is 2. The number of nitrogens with two attached hydrogens (primary N) is 1. The average Bonchev–Trinajstić information content (AvgIpc) is 2.88. The molecule has 0 bridgehead atoms. The second-order valence-corrected chi connectivity index (χ2v) is 3.13. The van der Waals surface area contributed by atoms with E-state index in [0.717, 1.165) is 11.4 Å². The lowest BCUT2D eigenvalue weighted by Gasteiger charge is -2.07. The van der Waals surface area contributed by atoms with Crippen LogP contribution in [0.1, 0.15) is 0 Å². The summed E-state index contributed by atoms with van der Waals surface area (Å²) in [5, 5.41) is 0.407. The Balaban J connectivity index is 1.95. The van der Waals surface area contributed by atoms with Gasteiger partial charge in [0.15, 0.2) is 5.11 Å². The molecule has 2 rings (SSSR count). The molecule has 0 unspecified atom stereocenters. The summed E-state index contributed by atoms with van der Waals surface area (Å²) in [5.41, 5.74) is 11.7. The van der Waals surface area contributed by atoms with Crippen molar-refractivity contribution in [2.24, 2.45) is 5.73 Å². The Hall–Kier alpha value is -1.82. The van der Waals surface area contributed by atoms with Crippen molar-refractivity contribution in [1.29, 1.82) is 0 Å². The number of hydrogen-bond donors (Lipinski definition) is 3. The number of hydrogen-bond acceptors (Lipinski definition) is 2. The summed E-state index contributed by atoms with van der Waals surface area (Å²) in [5.74, 6) is 0. The topological polar surface area (TPSA) is 70.2 Å². The molecule has 0 aromatic heterocycles. The van der Waals surface area contributed by atoms with Gasteiger partial charge >= 0.3 is 6.03 Å². The Bertz CT molecular complexity index is 383. The number of urea groups is 1. The SMILES string of the molecule is NC(=O)NNC(=S)N1c2ccccc21. The molecule has 1 aliphatic rings. The minimum absolute atomic E-state index is 0.407. The van der Waals surface area contributed by atoms with Gasteiger partial charge in [-0.1, -0.05) is 12.1 Å². The van der Waals surface area contributed by atoms with Gasteiger partial charge in [0.2, 0.25) is 0 Å². The third-order valence-corrected chi connectivity index (χ3v) is 2.09. The predicted octanol–water partition coefficient (Wildman–Crippen LogP) is 0.596. The van der Waals surface area contributed by atoms with E-state index >= 15 is 0 Å². The number of nitrogens with zero attached hydrogens (tertiary/aromatic N) is 1. The summed E-state index contributed by atoms with van der Waals surface area (Å²) >= 11 is 5.01. The van der Waals surface area contributed by atoms with Gasteiger partial charge in [-0.25, -0.2) is 10.2 Å². The summed E-state index contributed by atoms with van der Waals surface area (Å²) in [6, 6.07) is 7.05. The van der Waals surface area contributed by atoms with Crippen LogP contribution in [0.2, 0.25) is 0 Å². The maximum Gasteiger partial charge on any atom is 0.330 e. The first-order valence-corrected chi connectivity index (χ1v) is 4.35. The van der Waals surface area contributed by atoms with Gasteiger partial charge in [0.25, 0.3) is 0 Å². The van der Waals surface area contributed by atoms with E-state index < -0.39 is 6.03 Å². The van der Waals surface area contributed by atoms with Crippen LogP contribution in [0.4, 0.5) is 16.2 Å². The predicted molar refractivity (Wildman–Crippen MR) is 57.0 cm³/mol. The molecular weight excluding hydrogens is 200 g/mol. The first kappa shape index (κ1) is 8.76. The molecule has 4 N–H and O–H groups in total. The van der Waals surface area contributed by atoms with Crippen LogP contribution >= 0.6 is 12.2 Å². The van der Waals surface area contributed by atoms with Crippen LogP contribution in [-0.2, 0) is 0 Å². The summed E-state index contributed by atoms with van der Waals surface area (Å²) in [4.78, 5) is 12.2. The fraction of sp³-hybridized carbons (Fsp3) is 0. The summed E-state index contributed by atoms with van der Waals surface area (Å²) < 4.78 is 0. The lowest BCUT2D eigenvalue weighted by atomic mass is 10.4. The average molecular weight is 208 g/mol. The van der Waals surface area contributed by atoms with Crippen molar-refractivity contribution < 1.29 is 4.79 Å². The quantitative estimate of drug-likeness (QED) is 0.331. The van der Waals surface area contributed by atoms with Crippen LogP contribution in [0.3, 0.4) is 0 Å². The number of carbonyl (C=O) groups excluding carboxylic acids is 1. The van der Waals surface area contributed by atoms with Crippen molar-refractivity contribution >= 4 is 34.7 Å². The number of nitrogens with one attached hydrogen (secondary N) is 2. The second kappa shape index (κ2) is 3.15. The molecule has 0 radical (unpaired) electrons. The zero-order valence-corrected chi connectivity index (χ0v) is 7.97. The van der Waals surface area contributed by atoms with Crippen LogP contribution in [0.25, 0.3) is 0 Å². The molecule has 1 heterocycles. The van der Waals surface area contributed by atoms with Gasteiger partial charge in [0.05, 0.1) is 11.4 Å². The van der Waals surface area contributed by atoms with E-state index in [1.54, 1.807) is 4.90 Å². The number of rotatable bonds is 0. The van der Waals surface area contributed by atoms with Crippen LogP contribution < -0.4 is 21.5 Å². The molecule has 0 atom stereocenters. The molecular formula is C8H8N4OS. The fourth-order valence-corrected chi connectivity index (χ4v) is 1.44. The zero-order valence-electron chi connectivity index (χ0n) is 7.15. The Labute approximate surface area is 85.8 Å². The molecule has 1 aliphatic heterocycles. The Kier molecular flexibility index (Phi) is 1.97. The van der Waals surface area contributed by atoms with Crippen LogP contribution in [0.5, 0.6) is 0 Å². The zero-order chi connectivity index (χ0) is 10.1. The molecule has 0 aliphatic carbocycles.